The number of amides is 1. The van der Waals surface area contributed by atoms with Gasteiger partial charge in [0.15, 0.2) is 0 Å². The molecule has 3 N–H and O–H groups in total. The van der Waals surface area contributed by atoms with Gasteiger partial charge in [-0.25, -0.2) is 4.79 Å². The highest BCUT2D eigenvalue weighted by Gasteiger charge is 2.42. The zero-order chi connectivity index (χ0) is 10.8. The van der Waals surface area contributed by atoms with Crippen molar-refractivity contribution in [1.29, 1.82) is 0 Å². The summed E-state index contributed by atoms with van der Waals surface area (Å²) in [5.74, 6) is 0. The van der Waals surface area contributed by atoms with E-state index >= 15 is 0 Å². The molecule has 1 amide bonds. The van der Waals surface area contributed by atoms with Gasteiger partial charge in [-0.15, -0.1) is 0 Å². The van der Waals surface area contributed by atoms with Gasteiger partial charge in [0.2, 0.25) is 0 Å². The van der Waals surface area contributed by atoms with E-state index in [0.717, 1.165) is 0 Å². The van der Waals surface area contributed by atoms with Crippen LogP contribution < -0.4 is 5.73 Å². The molecule has 0 aliphatic carbocycles. The Morgan fingerprint density at radius 1 is 1.79 bits per heavy atom. The Kier molecular flexibility index (Phi) is 3.34. The SMILES string of the molecule is CCOC(=O)N1C[C@H](N)[C@](C)(CO)C1. The average Bonchev–Trinajstić information content (AvgIpc) is 2.45. The lowest BCUT2D eigenvalue weighted by molar-refractivity contribution is 0.102. The molecule has 1 aliphatic heterocycles. The molecule has 0 aromatic carbocycles. The lowest BCUT2D eigenvalue weighted by atomic mass is 9.87. The summed E-state index contributed by atoms with van der Waals surface area (Å²) in [4.78, 5) is 12.9. The molecule has 5 heteroatoms. The maximum atomic E-state index is 11.4. The van der Waals surface area contributed by atoms with Gasteiger partial charge in [-0.05, 0) is 6.92 Å². The van der Waals surface area contributed by atoms with E-state index in [9.17, 15) is 4.79 Å². The third-order valence-electron chi connectivity index (χ3n) is 2.75. The number of carbonyl (C=O) groups excluding carboxylic acids is 1. The monoisotopic (exact) mass is 202 g/mol. The molecule has 0 aromatic rings. The average molecular weight is 202 g/mol. The first kappa shape index (κ1) is 11.3. The number of aliphatic hydroxyl groups excluding tert-OH is 1. The molecular weight excluding hydrogens is 184 g/mol. The van der Waals surface area contributed by atoms with Crippen molar-refractivity contribution in [2.24, 2.45) is 11.1 Å². The topological polar surface area (TPSA) is 75.8 Å². The van der Waals surface area contributed by atoms with Crippen LogP contribution >= 0.6 is 0 Å². The summed E-state index contributed by atoms with van der Waals surface area (Å²) in [5.41, 5.74) is 5.44. The van der Waals surface area contributed by atoms with Crippen LogP contribution in [0.4, 0.5) is 4.79 Å². The van der Waals surface area contributed by atoms with Crippen molar-refractivity contribution in [3.8, 4) is 0 Å². The van der Waals surface area contributed by atoms with E-state index in [-0.39, 0.29) is 18.7 Å². The number of carbonyl (C=O) groups is 1. The fourth-order valence-corrected chi connectivity index (χ4v) is 1.60. The van der Waals surface area contributed by atoms with Crippen LogP contribution in [0.5, 0.6) is 0 Å². The highest BCUT2D eigenvalue weighted by Crippen LogP contribution is 2.28. The second-order valence-electron chi connectivity index (χ2n) is 4.00. The van der Waals surface area contributed by atoms with Gasteiger partial charge in [-0.2, -0.15) is 0 Å². The summed E-state index contributed by atoms with van der Waals surface area (Å²) < 4.78 is 4.86. The Balaban J connectivity index is 2.58. The van der Waals surface area contributed by atoms with Crippen molar-refractivity contribution in [1.82, 2.24) is 4.90 Å². The minimum atomic E-state index is -0.396. The Morgan fingerprint density at radius 2 is 2.43 bits per heavy atom. The molecule has 0 unspecified atom stereocenters. The number of nitrogens with zero attached hydrogens (tertiary/aromatic N) is 1. The van der Waals surface area contributed by atoms with Crippen molar-refractivity contribution in [2.45, 2.75) is 19.9 Å². The number of rotatable bonds is 2. The first-order valence-corrected chi connectivity index (χ1v) is 4.81. The fourth-order valence-electron chi connectivity index (χ4n) is 1.60. The number of aliphatic hydroxyl groups is 1. The lowest BCUT2D eigenvalue weighted by Gasteiger charge is -2.24. The van der Waals surface area contributed by atoms with Gasteiger partial charge in [0.25, 0.3) is 0 Å². The molecule has 1 rings (SSSR count). The van der Waals surface area contributed by atoms with Crippen LogP contribution in [-0.4, -0.2) is 48.4 Å². The third kappa shape index (κ3) is 1.99. The van der Waals surface area contributed by atoms with Gasteiger partial charge in [0.1, 0.15) is 0 Å². The molecule has 2 atom stereocenters. The minimum Gasteiger partial charge on any atom is -0.450 e. The van der Waals surface area contributed by atoms with E-state index in [0.29, 0.717) is 19.7 Å². The Labute approximate surface area is 83.8 Å². The van der Waals surface area contributed by atoms with Crippen LogP contribution in [0.25, 0.3) is 0 Å². The standard InChI is InChI=1S/C9H18N2O3/c1-3-14-8(13)11-4-7(10)9(2,5-11)6-12/h7,12H,3-6,10H2,1-2H3/t7-,9-/m0/s1. The zero-order valence-corrected chi connectivity index (χ0v) is 8.69. The summed E-state index contributed by atoms with van der Waals surface area (Å²) in [7, 11) is 0. The van der Waals surface area contributed by atoms with Crippen molar-refractivity contribution in [3.63, 3.8) is 0 Å². The largest absolute Gasteiger partial charge is 0.450 e. The van der Waals surface area contributed by atoms with Gasteiger partial charge in [-0.1, -0.05) is 6.92 Å². The second kappa shape index (κ2) is 4.14. The van der Waals surface area contributed by atoms with Crippen molar-refractivity contribution < 1.29 is 14.6 Å². The molecule has 0 bridgehead atoms. The Bertz CT molecular complexity index is 222. The summed E-state index contributed by atoms with van der Waals surface area (Å²) in [6.45, 7) is 4.90. The Morgan fingerprint density at radius 3 is 2.86 bits per heavy atom. The summed E-state index contributed by atoms with van der Waals surface area (Å²) in [6, 6.07) is -0.183. The van der Waals surface area contributed by atoms with E-state index in [1.165, 1.54) is 0 Å². The second-order valence-corrected chi connectivity index (χ2v) is 4.00. The molecule has 0 saturated carbocycles. The number of nitrogens with two attached hydrogens (primary N) is 1. The van der Waals surface area contributed by atoms with Crippen LogP contribution in [0, 0.1) is 5.41 Å². The minimum absolute atomic E-state index is 0.00985. The molecule has 1 aliphatic rings. The van der Waals surface area contributed by atoms with E-state index in [4.69, 9.17) is 15.6 Å². The van der Waals surface area contributed by atoms with E-state index in [1.807, 2.05) is 6.92 Å². The van der Waals surface area contributed by atoms with Gasteiger partial charge in [0, 0.05) is 24.5 Å². The number of ether oxygens (including phenoxy) is 1. The van der Waals surface area contributed by atoms with Crippen molar-refractivity contribution in [2.75, 3.05) is 26.3 Å². The molecule has 1 heterocycles. The number of likely N-dealkylation sites (tertiary alicyclic amines) is 1. The van der Waals surface area contributed by atoms with Crippen LogP contribution in [0.1, 0.15) is 13.8 Å². The smallest absolute Gasteiger partial charge is 0.409 e. The summed E-state index contributed by atoms with van der Waals surface area (Å²) in [5, 5.41) is 9.17. The van der Waals surface area contributed by atoms with Crippen molar-refractivity contribution in [3.05, 3.63) is 0 Å². The maximum absolute atomic E-state index is 11.4. The highest BCUT2D eigenvalue weighted by atomic mass is 16.6. The summed E-state index contributed by atoms with van der Waals surface area (Å²) >= 11 is 0. The van der Waals surface area contributed by atoms with Gasteiger partial charge < -0.3 is 20.5 Å². The van der Waals surface area contributed by atoms with Crippen LogP contribution in [0.3, 0.4) is 0 Å². The van der Waals surface area contributed by atoms with Crippen LogP contribution in [-0.2, 0) is 4.74 Å². The molecule has 0 radical (unpaired) electrons. The molecular formula is C9H18N2O3. The molecule has 1 saturated heterocycles. The van der Waals surface area contributed by atoms with Gasteiger partial charge in [0.05, 0.1) is 13.2 Å². The maximum Gasteiger partial charge on any atom is 0.409 e. The van der Waals surface area contributed by atoms with Crippen LogP contribution in [0.15, 0.2) is 0 Å². The number of hydrogen-bond donors (Lipinski definition) is 2. The fraction of sp³-hybridized carbons (Fsp3) is 0.889. The third-order valence-corrected chi connectivity index (χ3v) is 2.75. The molecule has 5 nitrogen and oxygen atoms in total. The first-order chi connectivity index (χ1) is 6.53. The quantitative estimate of drug-likeness (QED) is 0.649. The normalized spacial score (nSPS) is 32.0. The predicted octanol–water partition coefficient (Wildman–Crippen LogP) is -0.216. The first-order valence-electron chi connectivity index (χ1n) is 4.81. The van der Waals surface area contributed by atoms with Crippen LogP contribution in [0.2, 0.25) is 0 Å². The zero-order valence-electron chi connectivity index (χ0n) is 8.69. The van der Waals surface area contributed by atoms with Gasteiger partial charge in [-0.3, -0.25) is 0 Å². The molecule has 82 valence electrons. The summed E-state index contributed by atoms with van der Waals surface area (Å²) in [6.07, 6.45) is -0.347. The Hall–Kier alpha value is -0.810. The lowest BCUT2D eigenvalue weighted by Crippen LogP contribution is -2.40. The van der Waals surface area contributed by atoms with Gasteiger partial charge >= 0.3 is 6.09 Å². The molecule has 0 aromatic heterocycles. The highest BCUT2D eigenvalue weighted by molar-refractivity contribution is 5.68. The number of hydrogen-bond acceptors (Lipinski definition) is 4. The predicted molar refractivity (Wildman–Crippen MR) is 51.8 cm³/mol. The molecule has 1 fully saturated rings. The molecule has 0 spiro atoms. The van der Waals surface area contributed by atoms with E-state index < -0.39 is 5.41 Å². The van der Waals surface area contributed by atoms with E-state index in [1.54, 1.807) is 11.8 Å². The van der Waals surface area contributed by atoms with Crippen molar-refractivity contribution >= 4 is 6.09 Å². The van der Waals surface area contributed by atoms with E-state index in [2.05, 4.69) is 0 Å². The molecule has 14 heavy (non-hydrogen) atoms.